The molecule has 2 nitrogen and oxygen atoms in total. The maximum Gasteiger partial charge on any atom is 0.200 e. The Morgan fingerprint density at radius 2 is 1.35 bits per heavy atom. The van der Waals surface area contributed by atoms with E-state index >= 15 is 0 Å². The van der Waals surface area contributed by atoms with Crippen LogP contribution in [0.15, 0.2) is 0 Å². The molecule has 0 amide bonds. The van der Waals surface area contributed by atoms with Gasteiger partial charge in [0.15, 0.2) is 23.3 Å². The predicted molar refractivity (Wildman–Crippen MR) is 66.8 cm³/mol. The van der Waals surface area contributed by atoms with Crippen LogP contribution in [0.3, 0.4) is 0 Å². The SMILES string of the molecule is CC(C)(CCCN)CNc1c(F)c(F)c(F)c(F)c1F. The summed E-state index contributed by atoms with van der Waals surface area (Å²) in [5, 5.41) is 2.30. The van der Waals surface area contributed by atoms with Crippen LogP contribution >= 0.6 is 0 Å². The Hall–Kier alpha value is -1.37. The molecule has 1 aromatic rings. The lowest BCUT2D eigenvalue weighted by Gasteiger charge is -2.25. The fraction of sp³-hybridized carbons (Fsp3) is 0.538. The Bertz CT molecular complexity index is 459. The van der Waals surface area contributed by atoms with Gasteiger partial charge in [0.1, 0.15) is 5.69 Å². The molecule has 1 rings (SSSR count). The summed E-state index contributed by atoms with van der Waals surface area (Å²) in [5.41, 5.74) is 3.98. The Labute approximate surface area is 114 Å². The van der Waals surface area contributed by atoms with Crippen LogP contribution in [0.25, 0.3) is 0 Å². The van der Waals surface area contributed by atoms with Crippen molar-refractivity contribution in [3.8, 4) is 0 Å². The molecule has 0 fully saturated rings. The zero-order chi connectivity index (χ0) is 15.5. The molecule has 0 spiro atoms. The van der Waals surface area contributed by atoms with Crippen LogP contribution in [0.4, 0.5) is 27.6 Å². The highest BCUT2D eigenvalue weighted by atomic mass is 19.2. The van der Waals surface area contributed by atoms with E-state index in [1.165, 1.54) is 0 Å². The van der Waals surface area contributed by atoms with Crippen LogP contribution in [0.1, 0.15) is 26.7 Å². The van der Waals surface area contributed by atoms with Gasteiger partial charge in [-0.3, -0.25) is 0 Å². The minimum absolute atomic E-state index is 0.0609. The summed E-state index contributed by atoms with van der Waals surface area (Å²) in [6.45, 7) is 4.14. The number of halogens is 5. The molecule has 0 aliphatic rings. The van der Waals surface area contributed by atoms with Gasteiger partial charge in [-0.15, -0.1) is 0 Å². The van der Waals surface area contributed by atoms with Gasteiger partial charge in [0.2, 0.25) is 5.82 Å². The number of rotatable bonds is 6. The largest absolute Gasteiger partial charge is 0.380 e. The van der Waals surface area contributed by atoms with Gasteiger partial charge in [-0.1, -0.05) is 13.8 Å². The van der Waals surface area contributed by atoms with Gasteiger partial charge in [-0.2, -0.15) is 0 Å². The fourth-order valence-electron chi connectivity index (χ4n) is 1.76. The third-order valence-corrected chi connectivity index (χ3v) is 3.01. The average molecular weight is 296 g/mol. The van der Waals surface area contributed by atoms with E-state index in [1.54, 1.807) is 0 Å². The molecule has 3 N–H and O–H groups in total. The fourth-order valence-corrected chi connectivity index (χ4v) is 1.76. The maximum absolute atomic E-state index is 13.4. The molecule has 0 aliphatic heterocycles. The number of nitrogens with one attached hydrogen (secondary N) is 1. The summed E-state index contributed by atoms with van der Waals surface area (Å²) in [6, 6.07) is 0. The van der Waals surface area contributed by atoms with Crippen molar-refractivity contribution in [2.45, 2.75) is 26.7 Å². The summed E-state index contributed by atoms with van der Waals surface area (Å²) in [5.74, 6) is -9.77. The van der Waals surface area contributed by atoms with Gasteiger partial charge in [-0.25, -0.2) is 22.0 Å². The number of benzene rings is 1. The van der Waals surface area contributed by atoms with Gasteiger partial charge >= 0.3 is 0 Å². The molecule has 0 atom stereocenters. The zero-order valence-corrected chi connectivity index (χ0v) is 11.3. The van der Waals surface area contributed by atoms with Crippen LogP contribution in [-0.2, 0) is 0 Å². The van der Waals surface area contributed by atoms with E-state index in [1.807, 2.05) is 13.8 Å². The van der Waals surface area contributed by atoms with Crippen molar-refractivity contribution in [1.82, 2.24) is 0 Å². The van der Waals surface area contributed by atoms with Gasteiger partial charge in [0, 0.05) is 6.54 Å². The van der Waals surface area contributed by atoms with Gasteiger partial charge in [0.25, 0.3) is 0 Å². The third kappa shape index (κ3) is 3.59. The van der Waals surface area contributed by atoms with Crippen molar-refractivity contribution in [3.05, 3.63) is 29.1 Å². The van der Waals surface area contributed by atoms with Gasteiger partial charge in [-0.05, 0) is 24.8 Å². The Morgan fingerprint density at radius 3 is 1.80 bits per heavy atom. The van der Waals surface area contributed by atoms with Crippen LogP contribution in [0, 0.1) is 34.5 Å². The molecule has 0 heterocycles. The maximum atomic E-state index is 13.4. The van der Waals surface area contributed by atoms with Crippen LogP contribution in [-0.4, -0.2) is 13.1 Å². The van der Waals surface area contributed by atoms with Gasteiger partial charge < -0.3 is 11.1 Å². The monoisotopic (exact) mass is 296 g/mol. The van der Waals surface area contributed by atoms with E-state index in [9.17, 15) is 22.0 Å². The van der Waals surface area contributed by atoms with Crippen molar-refractivity contribution in [2.75, 3.05) is 18.4 Å². The van der Waals surface area contributed by atoms with E-state index in [0.29, 0.717) is 19.4 Å². The molecule has 20 heavy (non-hydrogen) atoms. The van der Waals surface area contributed by atoms with Crippen molar-refractivity contribution < 1.29 is 22.0 Å². The Balaban J connectivity index is 2.94. The smallest absolute Gasteiger partial charge is 0.200 e. The zero-order valence-electron chi connectivity index (χ0n) is 11.3. The number of anilines is 1. The first-order chi connectivity index (χ1) is 9.21. The average Bonchev–Trinajstić information content (AvgIpc) is 2.40. The molecule has 0 saturated carbocycles. The second-order valence-electron chi connectivity index (χ2n) is 5.35. The van der Waals surface area contributed by atoms with E-state index < -0.39 is 34.8 Å². The van der Waals surface area contributed by atoms with Crippen molar-refractivity contribution in [2.24, 2.45) is 11.1 Å². The minimum atomic E-state index is -2.16. The lowest BCUT2D eigenvalue weighted by Crippen LogP contribution is -2.25. The normalized spacial score (nSPS) is 11.8. The summed E-state index contributed by atoms with van der Waals surface area (Å²) < 4.78 is 65.7. The van der Waals surface area contributed by atoms with Crippen molar-refractivity contribution in [1.29, 1.82) is 0 Å². The second kappa shape index (κ2) is 6.39. The van der Waals surface area contributed by atoms with E-state index in [0.717, 1.165) is 0 Å². The highest BCUT2D eigenvalue weighted by Crippen LogP contribution is 2.29. The summed E-state index contributed by atoms with van der Waals surface area (Å²) in [4.78, 5) is 0. The molecule has 0 aliphatic carbocycles. The number of hydrogen-bond acceptors (Lipinski definition) is 2. The van der Waals surface area contributed by atoms with E-state index in [-0.39, 0.29) is 12.0 Å². The van der Waals surface area contributed by atoms with Crippen molar-refractivity contribution in [3.63, 3.8) is 0 Å². The highest BCUT2D eigenvalue weighted by molar-refractivity contribution is 5.47. The summed E-state index contributed by atoms with van der Waals surface area (Å²) in [6.07, 6.45) is 1.36. The van der Waals surface area contributed by atoms with Crippen LogP contribution in [0.5, 0.6) is 0 Å². The van der Waals surface area contributed by atoms with Crippen LogP contribution < -0.4 is 11.1 Å². The lowest BCUT2D eigenvalue weighted by molar-refractivity contribution is 0.345. The standard InChI is InChI=1S/C13H17F5N2/c1-13(2,4-3-5-19)6-20-12-10(17)8(15)7(14)9(16)11(12)18/h20H,3-6,19H2,1-2H3. The molecule has 0 saturated heterocycles. The molecule has 0 radical (unpaired) electrons. The molecular formula is C13H17F5N2. The topological polar surface area (TPSA) is 38.0 Å². The predicted octanol–water partition coefficient (Wildman–Crippen LogP) is 3.56. The first-order valence-corrected chi connectivity index (χ1v) is 6.16. The molecule has 114 valence electrons. The third-order valence-electron chi connectivity index (χ3n) is 3.01. The number of nitrogens with two attached hydrogens (primary N) is 1. The second-order valence-corrected chi connectivity index (χ2v) is 5.35. The van der Waals surface area contributed by atoms with E-state index in [2.05, 4.69) is 5.32 Å². The first kappa shape index (κ1) is 16.7. The quantitative estimate of drug-likeness (QED) is 0.478. The molecule has 0 bridgehead atoms. The summed E-state index contributed by atoms with van der Waals surface area (Å²) in [7, 11) is 0. The van der Waals surface area contributed by atoms with Crippen LogP contribution in [0.2, 0.25) is 0 Å². The van der Waals surface area contributed by atoms with Gasteiger partial charge in [0.05, 0.1) is 0 Å². The minimum Gasteiger partial charge on any atom is -0.380 e. The first-order valence-electron chi connectivity index (χ1n) is 6.16. The molecule has 0 aromatic heterocycles. The molecule has 7 heteroatoms. The molecule has 1 aromatic carbocycles. The Kier molecular flexibility index (Phi) is 5.33. The molecule has 0 unspecified atom stereocenters. The number of hydrogen-bond donors (Lipinski definition) is 2. The Morgan fingerprint density at radius 1 is 0.900 bits per heavy atom. The lowest BCUT2D eigenvalue weighted by atomic mass is 9.87. The van der Waals surface area contributed by atoms with E-state index in [4.69, 9.17) is 5.73 Å². The van der Waals surface area contributed by atoms with Crippen molar-refractivity contribution >= 4 is 5.69 Å². The molecular weight excluding hydrogens is 279 g/mol. The highest BCUT2D eigenvalue weighted by Gasteiger charge is 2.27. The summed E-state index contributed by atoms with van der Waals surface area (Å²) >= 11 is 0.